The highest BCUT2D eigenvalue weighted by Crippen LogP contribution is 2.20. The molecule has 1 aromatic rings. The number of hydrogen-bond acceptors (Lipinski definition) is 4. The van der Waals surface area contributed by atoms with E-state index < -0.39 is 15.8 Å². The number of nitrogens with one attached hydrogen (secondary N) is 1. The SMILES string of the molecule is CCN(CCOC)S(=O)(=O)c1ccc(CNC)cc1F. The lowest BCUT2D eigenvalue weighted by Crippen LogP contribution is -2.34. The second-order valence-electron chi connectivity index (χ2n) is 4.28. The van der Waals surface area contributed by atoms with E-state index in [4.69, 9.17) is 4.74 Å². The van der Waals surface area contributed by atoms with E-state index >= 15 is 0 Å². The van der Waals surface area contributed by atoms with Gasteiger partial charge in [0.05, 0.1) is 6.61 Å². The quantitative estimate of drug-likeness (QED) is 0.784. The molecule has 5 nitrogen and oxygen atoms in total. The highest BCUT2D eigenvalue weighted by molar-refractivity contribution is 7.89. The molecule has 0 unspecified atom stereocenters. The first kappa shape index (κ1) is 17.0. The van der Waals surface area contributed by atoms with Gasteiger partial charge in [-0.2, -0.15) is 4.31 Å². The molecule has 0 amide bonds. The van der Waals surface area contributed by atoms with E-state index in [1.807, 2.05) is 0 Å². The lowest BCUT2D eigenvalue weighted by molar-refractivity contribution is 0.180. The van der Waals surface area contributed by atoms with Crippen molar-refractivity contribution in [3.05, 3.63) is 29.6 Å². The van der Waals surface area contributed by atoms with Crippen LogP contribution in [0.3, 0.4) is 0 Å². The van der Waals surface area contributed by atoms with E-state index in [0.717, 1.165) is 0 Å². The third-order valence-electron chi connectivity index (χ3n) is 2.89. The predicted octanol–water partition coefficient (Wildman–Crippen LogP) is 1.20. The van der Waals surface area contributed by atoms with Gasteiger partial charge < -0.3 is 10.1 Å². The molecule has 0 saturated carbocycles. The number of sulfonamides is 1. The summed E-state index contributed by atoms with van der Waals surface area (Å²) in [6.07, 6.45) is 0. The van der Waals surface area contributed by atoms with Crippen LogP contribution < -0.4 is 5.32 Å². The van der Waals surface area contributed by atoms with Crippen LogP contribution in [0.15, 0.2) is 23.1 Å². The maximum atomic E-state index is 14.0. The number of rotatable bonds is 8. The van der Waals surface area contributed by atoms with Gasteiger partial charge in [0.1, 0.15) is 10.7 Å². The minimum Gasteiger partial charge on any atom is -0.383 e. The minimum atomic E-state index is -3.83. The van der Waals surface area contributed by atoms with Gasteiger partial charge in [0.25, 0.3) is 0 Å². The highest BCUT2D eigenvalue weighted by atomic mass is 32.2. The van der Waals surface area contributed by atoms with Gasteiger partial charge in [-0.25, -0.2) is 12.8 Å². The van der Waals surface area contributed by atoms with Gasteiger partial charge in [-0.05, 0) is 24.7 Å². The molecule has 1 N–H and O–H groups in total. The molecule has 0 aliphatic rings. The third-order valence-corrected chi connectivity index (χ3v) is 4.90. The zero-order valence-electron chi connectivity index (χ0n) is 12.0. The molecule has 0 aliphatic carbocycles. The fourth-order valence-corrected chi connectivity index (χ4v) is 3.33. The van der Waals surface area contributed by atoms with Crippen molar-refractivity contribution in [2.24, 2.45) is 0 Å². The number of hydrogen-bond donors (Lipinski definition) is 1. The Bertz CT molecular complexity index is 534. The van der Waals surface area contributed by atoms with Crippen molar-refractivity contribution < 1.29 is 17.5 Å². The van der Waals surface area contributed by atoms with E-state index in [0.29, 0.717) is 12.1 Å². The number of methoxy groups -OCH3 is 1. The monoisotopic (exact) mass is 304 g/mol. The Balaban J connectivity index is 3.07. The van der Waals surface area contributed by atoms with Gasteiger partial charge in [-0.15, -0.1) is 0 Å². The van der Waals surface area contributed by atoms with E-state index in [2.05, 4.69) is 5.32 Å². The van der Waals surface area contributed by atoms with Crippen LogP contribution >= 0.6 is 0 Å². The predicted molar refractivity (Wildman–Crippen MR) is 75.5 cm³/mol. The second kappa shape index (κ2) is 7.68. The van der Waals surface area contributed by atoms with E-state index in [-0.39, 0.29) is 24.6 Å². The van der Waals surface area contributed by atoms with Crippen LogP contribution in [0.1, 0.15) is 12.5 Å². The molecule has 0 aliphatic heterocycles. The van der Waals surface area contributed by atoms with Gasteiger partial charge in [0, 0.05) is 26.7 Å². The first-order valence-corrected chi connectivity index (χ1v) is 7.83. The van der Waals surface area contributed by atoms with Crippen molar-refractivity contribution in [3.63, 3.8) is 0 Å². The number of benzene rings is 1. The summed E-state index contributed by atoms with van der Waals surface area (Å²) >= 11 is 0. The molecule has 0 aromatic heterocycles. The normalized spacial score (nSPS) is 12.1. The summed E-state index contributed by atoms with van der Waals surface area (Å²) in [7, 11) is -0.592. The lowest BCUT2D eigenvalue weighted by Gasteiger charge is -2.20. The smallest absolute Gasteiger partial charge is 0.246 e. The Labute approximate surface area is 119 Å². The van der Waals surface area contributed by atoms with Gasteiger partial charge in [0.2, 0.25) is 10.0 Å². The summed E-state index contributed by atoms with van der Waals surface area (Å²) in [5.74, 6) is -0.728. The largest absolute Gasteiger partial charge is 0.383 e. The van der Waals surface area contributed by atoms with Crippen LogP contribution in [0.5, 0.6) is 0 Å². The minimum absolute atomic E-state index is 0.201. The molecular weight excluding hydrogens is 283 g/mol. The standard InChI is InChI=1S/C13H21FN2O3S/c1-4-16(7-8-19-3)20(17,18)13-6-5-11(10-15-2)9-12(13)14/h5-6,9,15H,4,7-8,10H2,1-3H3. The van der Waals surface area contributed by atoms with Crippen LogP contribution in [0, 0.1) is 5.82 Å². The first-order chi connectivity index (χ1) is 9.47. The summed E-state index contributed by atoms with van der Waals surface area (Å²) in [4.78, 5) is -0.296. The van der Waals surface area contributed by atoms with Crippen LogP contribution in [0.25, 0.3) is 0 Å². The van der Waals surface area contributed by atoms with Crippen molar-refractivity contribution in [2.75, 3.05) is 33.9 Å². The van der Waals surface area contributed by atoms with Crippen molar-refractivity contribution in [2.45, 2.75) is 18.4 Å². The van der Waals surface area contributed by atoms with Crippen molar-refractivity contribution >= 4 is 10.0 Å². The Morgan fingerprint density at radius 3 is 2.60 bits per heavy atom. The van der Waals surface area contributed by atoms with E-state index in [1.165, 1.54) is 23.5 Å². The first-order valence-electron chi connectivity index (χ1n) is 6.39. The molecule has 0 radical (unpaired) electrons. The molecular formula is C13H21FN2O3S. The Kier molecular flexibility index (Phi) is 6.54. The zero-order chi connectivity index (χ0) is 15.2. The summed E-state index contributed by atoms with van der Waals surface area (Å²) < 4.78 is 44.9. The van der Waals surface area contributed by atoms with Gasteiger partial charge >= 0.3 is 0 Å². The molecule has 0 bridgehead atoms. The maximum absolute atomic E-state index is 14.0. The maximum Gasteiger partial charge on any atom is 0.246 e. The van der Waals surface area contributed by atoms with Gasteiger partial charge in [0.15, 0.2) is 0 Å². The molecule has 0 fully saturated rings. The molecule has 0 atom stereocenters. The average Bonchev–Trinajstić information content (AvgIpc) is 2.39. The molecule has 0 saturated heterocycles. The van der Waals surface area contributed by atoms with Gasteiger partial charge in [-0.3, -0.25) is 0 Å². The number of ether oxygens (including phenoxy) is 1. The van der Waals surface area contributed by atoms with Crippen LogP contribution in [0.4, 0.5) is 4.39 Å². The second-order valence-corrected chi connectivity index (χ2v) is 6.19. The fraction of sp³-hybridized carbons (Fsp3) is 0.538. The van der Waals surface area contributed by atoms with Crippen molar-refractivity contribution in [1.29, 1.82) is 0 Å². The molecule has 0 heterocycles. The Morgan fingerprint density at radius 2 is 2.10 bits per heavy atom. The lowest BCUT2D eigenvalue weighted by atomic mass is 10.2. The Morgan fingerprint density at radius 1 is 1.40 bits per heavy atom. The Hall–Kier alpha value is -1.02. The van der Waals surface area contributed by atoms with Crippen molar-refractivity contribution in [3.8, 4) is 0 Å². The zero-order valence-corrected chi connectivity index (χ0v) is 12.8. The molecule has 7 heteroatoms. The summed E-state index contributed by atoms with van der Waals surface area (Å²) in [5.41, 5.74) is 0.698. The number of likely N-dealkylation sites (N-methyl/N-ethyl adjacent to an activating group) is 1. The molecule has 1 aromatic carbocycles. The molecule has 0 spiro atoms. The number of halogens is 1. The molecule has 20 heavy (non-hydrogen) atoms. The summed E-state index contributed by atoms with van der Waals surface area (Å²) in [6.45, 7) is 2.93. The third kappa shape index (κ3) is 3.99. The van der Waals surface area contributed by atoms with Gasteiger partial charge in [-0.1, -0.05) is 13.0 Å². The topological polar surface area (TPSA) is 58.6 Å². The highest BCUT2D eigenvalue weighted by Gasteiger charge is 2.26. The van der Waals surface area contributed by atoms with Crippen LogP contribution in [-0.4, -0.2) is 46.6 Å². The fourth-order valence-electron chi connectivity index (χ4n) is 1.85. The summed E-state index contributed by atoms with van der Waals surface area (Å²) in [5, 5.41) is 2.89. The number of nitrogens with zero attached hydrogens (tertiary/aromatic N) is 1. The van der Waals surface area contributed by atoms with E-state index in [9.17, 15) is 12.8 Å². The van der Waals surface area contributed by atoms with Crippen LogP contribution in [-0.2, 0) is 21.3 Å². The summed E-state index contributed by atoms with van der Waals surface area (Å²) in [6, 6.07) is 4.16. The molecule has 1 rings (SSSR count). The average molecular weight is 304 g/mol. The van der Waals surface area contributed by atoms with Crippen molar-refractivity contribution in [1.82, 2.24) is 9.62 Å². The van der Waals surface area contributed by atoms with Crippen LogP contribution in [0.2, 0.25) is 0 Å². The van der Waals surface area contributed by atoms with E-state index in [1.54, 1.807) is 20.0 Å². The molecule has 114 valence electrons.